The quantitative estimate of drug-likeness (QED) is 0.635. The van der Waals surface area contributed by atoms with Crippen LogP contribution in [-0.4, -0.2) is 27.0 Å². The van der Waals surface area contributed by atoms with Crippen LogP contribution < -0.4 is 5.73 Å². The van der Waals surface area contributed by atoms with E-state index in [1.807, 2.05) is 0 Å². The molecular weight excluding hydrogens is 242 g/mol. The van der Waals surface area contributed by atoms with Gasteiger partial charge in [-0.1, -0.05) is 4.47 Å². The molecular formula is C8H10F2N2O3S. The Kier molecular flexibility index (Phi) is 3.46. The first-order valence-electron chi connectivity index (χ1n) is 4.09. The number of benzene rings is 1. The van der Waals surface area contributed by atoms with Crippen LogP contribution in [0.2, 0.25) is 0 Å². The minimum Gasteiger partial charge on any atom is -0.394 e. The summed E-state index contributed by atoms with van der Waals surface area (Å²) in [5.41, 5.74) is 4.21. The first-order chi connectivity index (χ1) is 7.32. The van der Waals surface area contributed by atoms with Crippen LogP contribution in [0.5, 0.6) is 0 Å². The molecule has 0 aliphatic carbocycles. The number of hydroxylamine groups is 1. The number of halogens is 2. The number of hydrogen-bond acceptors (Lipinski definition) is 4. The summed E-state index contributed by atoms with van der Waals surface area (Å²) in [6.45, 7) is 0. The normalized spacial score (nSPS) is 12.1. The summed E-state index contributed by atoms with van der Waals surface area (Å²) in [5, 5.41) is 0. The molecule has 0 radical (unpaired) electrons. The van der Waals surface area contributed by atoms with Gasteiger partial charge in [0.25, 0.3) is 10.0 Å². The number of rotatable bonds is 3. The molecule has 0 aliphatic heterocycles. The Morgan fingerprint density at radius 3 is 2.44 bits per heavy atom. The van der Waals surface area contributed by atoms with Crippen LogP contribution in [0, 0.1) is 11.6 Å². The predicted octanol–water partition coefficient (Wildman–Crippen LogP) is 0.729. The van der Waals surface area contributed by atoms with Crippen molar-refractivity contribution < 1.29 is 22.0 Å². The molecule has 1 rings (SSSR count). The van der Waals surface area contributed by atoms with Gasteiger partial charge >= 0.3 is 0 Å². The van der Waals surface area contributed by atoms with E-state index in [4.69, 9.17) is 5.73 Å². The summed E-state index contributed by atoms with van der Waals surface area (Å²) in [7, 11) is -1.99. The fourth-order valence-electron chi connectivity index (χ4n) is 0.985. The summed E-state index contributed by atoms with van der Waals surface area (Å²) in [6, 6.07) is 1.56. The van der Waals surface area contributed by atoms with Crippen molar-refractivity contribution in [1.29, 1.82) is 0 Å². The maximum atomic E-state index is 13.4. The molecule has 0 aromatic heterocycles. The molecule has 0 saturated carbocycles. The minimum atomic E-state index is -4.17. The molecule has 0 unspecified atom stereocenters. The molecule has 0 amide bonds. The lowest BCUT2D eigenvalue weighted by Gasteiger charge is -2.15. The fraction of sp³-hybridized carbons (Fsp3) is 0.250. The zero-order valence-electron chi connectivity index (χ0n) is 8.57. The van der Waals surface area contributed by atoms with Crippen molar-refractivity contribution in [3.05, 3.63) is 23.8 Å². The van der Waals surface area contributed by atoms with Crippen LogP contribution in [-0.2, 0) is 14.9 Å². The summed E-state index contributed by atoms with van der Waals surface area (Å²) >= 11 is 0. The minimum absolute atomic E-state index is 0.447. The molecule has 16 heavy (non-hydrogen) atoms. The lowest BCUT2D eigenvalue weighted by atomic mass is 10.3. The van der Waals surface area contributed by atoms with Crippen molar-refractivity contribution in [3.63, 3.8) is 0 Å². The maximum Gasteiger partial charge on any atom is 0.267 e. The molecule has 8 heteroatoms. The van der Waals surface area contributed by atoms with Crippen molar-refractivity contribution in [2.24, 2.45) is 0 Å². The third kappa shape index (κ3) is 1.99. The van der Waals surface area contributed by atoms with E-state index in [1.165, 1.54) is 0 Å². The van der Waals surface area contributed by atoms with Crippen LogP contribution in [0.4, 0.5) is 14.5 Å². The van der Waals surface area contributed by atoms with E-state index in [2.05, 4.69) is 4.84 Å². The van der Waals surface area contributed by atoms with E-state index in [0.29, 0.717) is 4.47 Å². The molecule has 0 spiro atoms. The van der Waals surface area contributed by atoms with Crippen LogP contribution in [0.3, 0.4) is 0 Å². The third-order valence-electron chi connectivity index (χ3n) is 1.96. The Labute approximate surface area is 91.4 Å². The van der Waals surface area contributed by atoms with Crippen molar-refractivity contribution >= 4 is 15.7 Å². The molecule has 0 bridgehead atoms. The fourth-order valence-corrected chi connectivity index (χ4v) is 2.03. The highest BCUT2D eigenvalue weighted by atomic mass is 32.2. The van der Waals surface area contributed by atoms with E-state index >= 15 is 0 Å². The Morgan fingerprint density at radius 2 is 1.94 bits per heavy atom. The Hall–Kier alpha value is -1.25. The lowest BCUT2D eigenvalue weighted by Crippen LogP contribution is -2.26. The molecule has 90 valence electrons. The van der Waals surface area contributed by atoms with Crippen LogP contribution in [0.1, 0.15) is 0 Å². The van der Waals surface area contributed by atoms with Gasteiger partial charge in [0, 0.05) is 7.05 Å². The second-order valence-electron chi connectivity index (χ2n) is 2.87. The van der Waals surface area contributed by atoms with Crippen molar-refractivity contribution in [2.45, 2.75) is 4.90 Å². The van der Waals surface area contributed by atoms with Gasteiger partial charge in [0.1, 0.15) is 16.4 Å². The standard InChI is InChI=1S/C8H10F2N2O3S/c1-12(15-2)16(13,14)6-4-3-5(9)8(11)7(6)10/h3-4H,11H2,1-2H3. The number of hydrogen-bond donors (Lipinski definition) is 1. The first-order valence-corrected chi connectivity index (χ1v) is 5.53. The van der Waals surface area contributed by atoms with Gasteiger partial charge < -0.3 is 5.73 Å². The monoisotopic (exact) mass is 252 g/mol. The lowest BCUT2D eigenvalue weighted by molar-refractivity contribution is -0.0260. The average molecular weight is 252 g/mol. The van der Waals surface area contributed by atoms with Gasteiger partial charge in [0.15, 0.2) is 5.82 Å². The number of nitrogen functional groups attached to an aromatic ring is 1. The molecule has 1 aromatic rings. The highest BCUT2D eigenvalue weighted by molar-refractivity contribution is 7.89. The van der Waals surface area contributed by atoms with E-state index in [1.54, 1.807) is 0 Å². The first kappa shape index (κ1) is 12.8. The Morgan fingerprint density at radius 1 is 1.38 bits per heavy atom. The van der Waals surface area contributed by atoms with Crippen LogP contribution in [0.25, 0.3) is 0 Å². The SMILES string of the molecule is CON(C)S(=O)(=O)c1ccc(F)c(N)c1F. The zero-order chi connectivity index (χ0) is 12.5. The highest BCUT2D eigenvalue weighted by Gasteiger charge is 2.26. The van der Waals surface area contributed by atoms with E-state index in [9.17, 15) is 17.2 Å². The van der Waals surface area contributed by atoms with Crippen molar-refractivity contribution in [2.75, 3.05) is 19.9 Å². The summed E-state index contributed by atoms with van der Waals surface area (Å²) < 4.78 is 50.0. The summed E-state index contributed by atoms with van der Waals surface area (Å²) in [4.78, 5) is 3.70. The molecule has 0 saturated heterocycles. The zero-order valence-corrected chi connectivity index (χ0v) is 9.38. The highest BCUT2D eigenvalue weighted by Crippen LogP contribution is 2.24. The number of nitrogens with two attached hydrogens (primary N) is 1. The molecule has 0 heterocycles. The molecule has 0 atom stereocenters. The van der Waals surface area contributed by atoms with E-state index < -0.39 is 32.2 Å². The summed E-state index contributed by atoms with van der Waals surface area (Å²) in [6.07, 6.45) is 0. The second-order valence-corrected chi connectivity index (χ2v) is 4.77. The van der Waals surface area contributed by atoms with Gasteiger partial charge in [0.2, 0.25) is 0 Å². The van der Waals surface area contributed by atoms with Crippen molar-refractivity contribution in [3.8, 4) is 0 Å². The molecule has 0 aliphatic rings. The van der Waals surface area contributed by atoms with Gasteiger partial charge in [-0.3, -0.25) is 4.84 Å². The molecule has 0 fully saturated rings. The Bertz CT molecular complexity index is 504. The predicted molar refractivity (Wildman–Crippen MR) is 52.7 cm³/mol. The topological polar surface area (TPSA) is 72.6 Å². The smallest absolute Gasteiger partial charge is 0.267 e. The Balaban J connectivity index is 3.41. The number of nitrogens with zero attached hydrogens (tertiary/aromatic N) is 1. The average Bonchev–Trinajstić information content (AvgIpc) is 2.24. The van der Waals surface area contributed by atoms with Crippen LogP contribution in [0.15, 0.2) is 17.0 Å². The molecule has 2 N–H and O–H groups in total. The van der Waals surface area contributed by atoms with Gasteiger partial charge in [-0.15, -0.1) is 0 Å². The van der Waals surface area contributed by atoms with E-state index in [-0.39, 0.29) is 0 Å². The number of anilines is 1. The third-order valence-corrected chi connectivity index (χ3v) is 3.66. The maximum absolute atomic E-state index is 13.4. The second kappa shape index (κ2) is 4.32. The number of sulfonamides is 1. The van der Waals surface area contributed by atoms with Gasteiger partial charge in [-0.2, -0.15) is 0 Å². The van der Waals surface area contributed by atoms with E-state index in [0.717, 1.165) is 26.3 Å². The van der Waals surface area contributed by atoms with Crippen molar-refractivity contribution in [1.82, 2.24) is 4.47 Å². The molecule has 5 nitrogen and oxygen atoms in total. The van der Waals surface area contributed by atoms with Gasteiger partial charge in [-0.25, -0.2) is 17.2 Å². The van der Waals surface area contributed by atoms with Crippen LogP contribution >= 0.6 is 0 Å². The molecule has 1 aromatic carbocycles. The van der Waals surface area contributed by atoms with Gasteiger partial charge in [0.05, 0.1) is 7.11 Å². The van der Waals surface area contributed by atoms with Gasteiger partial charge in [-0.05, 0) is 12.1 Å². The summed E-state index contributed by atoms with van der Waals surface area (Å²) in [5.74, 6) is -2.35. The largest absolute Gasteiger partial charge is 0.394 e.